The van der Waals surface area contributed by atoms with Gasteiger partial charge < -0.3 is 0 Å². The topological polar surface area (TPSA) is 23.8 Å². The van der Waals surface area contributed by atoms with Gasteiger partial charge in [-0.05, 0) is 24.3 Å². The maximum absolute atomic E-state index is 8.93. The molecule has 2 heteroatoms. The molecule has 0 N–H and O–H groups in total. The summed E-state index contributed by atoms with van der Waals surface area (Å²) in [5.41, 5.74) is 1.43. The summed E-state index contributed by atoms with van der Waals surface area (Å²) in [6.45, 7) is 0. The summed E-state index contributed by atoms with van der Waals surface area (Å²) in [4.78, 5) is 1.21. The molecule has 18 heavy (non-hydrogen) atoms. The molecule has 1 nitrogen and oxygen atoms in total. The van der Waals surface area contributed by atoms with Crippen molar-refractivity contribution in [2.45, 2.75) is 4.90 Å². The van der Waals surface area contributed by atoms with Gasteiger partial charge in [0.15, 0.2) is 0 Å². The van der Waals surface area contributed by atoms with E-state index in [0.29, 0.717) is 5.56 Å². The first-order chi connectivity index (χ1) is 8.90. The van der Waals surface area contributed by atoms with Gasteiger partial charge in [0.05, 0.1) is 11.3 Å². The monoisotopic (exact) mass is 249 g/mol. The van der Waals surface area contributed by atoms with Crippen molar-refractivity contribution >= 4 is 11.8 Å². The quantitative estimate of drug-likeness (QED) is 0.598. The third kappa shape index (κ3) is 3.42. The van der Waals surface area contributed by atoms with Gasteiger partial charge in [0, 0.05) is 10.5 Å². The van der Waals surface area contributed by atoms with Gasteiger partial charge >= 0.3 is 0 Å². The highest BCUT2D eigenvalue weighted by molar-refractivity contribution is 7.99. The summed E-state index contributed by atoms with van der Waals surface area (Å²) < 4.78 is 0. The Morgan fingerprint density at radius 3 is 2.28 bits per heavy atom. The minimum Gasteiger partial charge on any atom is -0.192 e. The average molecular weight is 249 g/mol. The van der Waals surface area contributed by atoms with Crippen molar-refractivity contribution in [1.82, 2.24) is 0 Å². The molecule has 0 fully saturated rings. The van der Waals surface area contributed by atoms with Crippen LogP contribution >= 0.6 is 11.8 Å². The molecule has 0 atom stereocenters. The SMILES string of the molecule is N#Cc1ccccc1C#CCSc1ccccc1. The molecule has 0 saturated carbocycles. The van der Waals surface area contributed by atoms with E-state index in [1.807, 2.05) is 36.4 Å². The molecule has 0 heterocycles. The van der Waals surface area contributed by atoms with E-state index in [1.165, 1.54) is 4.90 Å². The van der Waals surface area contributed by atoms with Gasteiger partial charge in [-0.15, -0.1) is 11.8 Å². The first-order valence-corrected chi connectivity index (χ1v) is 6.54. The van der Waals surface area contributed by atoms with Crippen LogP contribution in [0.15, 0.2) is 59.5 Å². The number of hydrogen-bond acceptors (Lipinski definition) is 2. The van der Waals surface area contributed by atoms with Gasteiger partial charge in [-0.1, -0.05) is 42.2 Å². The molecule has 2 rings (SSSR count). The molecule has 86 valence electrons. The Kier molecular flexibility index (Phi) is 4.47. The van der Waals surface area contributed by atoms with Crippen molar-refractivity contribution in [3.8, 4) is 17.9 Å². The van der Waals surface area contributed by atoms with Crippen molar-refractivity contribution in [1.29, 1.82) is 5.26 Å². The van der Waals surface area contributed by atoms with Crippen LogP contribution in [0.3, 0.4) is 0 Å². The van der Waals surface area contributed by atoms with Crippen LogP contribution in [0.1, 0.15) is 11.1 Å². The van der Waals surface area contributed by atoms with E-state index in [2.05, 4.69) is 30.0 Å². The summed E-state index contributed by atoms with van der Waals surface area (Å²) >= 11 is 1.70. The lowest BCUT2D eigenvalue weighted by molar-refractivity contribution is 1.46. The Hall–Kier alpha value is -2.16. The van der Waals surface area contributed by atoms with Gasteiger partial charge in [0.1, 0.15) is 6.07 Å². The molecule has 0 aromatic heterocycles. The Bertz CT molecular complexity index is 615. The number of hydrogen-bond donors (Lipinski definition) is 0. The lowest BCUT2D eigenvalue weighted by Gasteiger charge is -1.95. The molecule has 0 saturated heterocycles. The van der Waals surface area contributed by atoms with Gasteiger partial charge in [-0.3, -0.25) is 0 Å². The smallest absolute Gasteiger partial charge is 0.100 e. The normalized spacial score (nSPS) is 9.06. The van der Waals surface area contributed by atoms with E-state index in [-0.39, 0.29) is 0 Å². The zero-order valence-corrected chi connectivity index (χ0v) is 10.6. The van der Waals surface area contributed by atoms with E-state index >= 15 is 0 Å². The second-order valence-corrected chi connectivity index (χ2v) is 4.61. The summed E-state index contributed by atoms with van der Waals surface area (Å²) in [6.07, 6.45) is 0. The van der Waals surface area contributed by atoms with Gasteiger partial charge in [-0.25, -0.2) is 0 Å². The van der Waals surface area contributed by atoms with Crippen LogP contribution in [0.4, 0.5) is 0 Å². The number of thioether (sulfide) groups is 1. The van der Waals surface area contributed by atoms with Crippen molar-refractivity contribution < 1.29 is 0 Å². The molecule has 0 aliphatic rings. The average Bonchev–Trinajstić information content (AvgIpc) is 2.45. The lowest BCUT2D eigenvalue weighted by atomic mass is 10.1. The van der Waals surface area contributed by atoms with E-state index in [0.717, 1.165) is 11.3 Å². The fourth-order valence-corrected chi connectivity index (χ4v) is 2.12. The molecule has 0 radical (unpaired) electrons. The Labute approximate surface area is 111 Å². The Morgan fingerprint density at radius 1 is 0.889 bits per heavy atom. The van der Waals surface area contributed by atoms with Crippen molar-refractivity contribution in [2.24, 2.45) is 0 Å². The molecule has 0 unspecified atom stereocenters. The first kappa shape index (κ1) is 12.3. The summed E-state index contributed by atoms with van der Waals surface area (Å²) in [5.74, 6) is 6.85. The molecule has 0 aliphatic heterocycles. The predicted molar refractivity (Wildman–Crippen MR) is 75.2 cm³/mol. The van der Waals surface area contributed by atoms with Crippen LogP contribution in [0.2, 0.25) is 0 Å². The largest absolute Gasteiger partial charge is 0.192 e. The van der Waals surface area contributed by atoms with E-state index in [9.17, 15) is 0 Å². The fraction of sp³-hybridized carbons (Fsp3) is 0.0625. The van der Waals surface area contributed by atoms with Crippen LogP contribution in [0.25, 0.3) is 0 Å². The van der Waals surface area contributed by atoms with Gasteiger partial charge in [-0.2, -0.15) is 5.26 Å². The van der Waals surface area contributed by atoms with Crippen LogP contribution in [-0.4, -0.2) is 5.75 Å². The standard InChI is InChI=1S/C16H11NS/c17-13-15-8-5-4-7-14(15)9-6-12-18-16-10-2-1-3-11-16/h1-5,7-8,10-11H,12H2. The van der Waals surface area contributed by atoms with Crippen molar-refractivity contribution in [3.63, 3.8) is 0 Å². The second kappa shape index (κ2) is 6.55. The maximum atomic E-state index is 8.93. The van der Waals surface area contributed by atoms with Crippen LogP contribution in [0, 0.1) is 23.2 Å². The molecule has 0 bridgehead atoms. The fourth-order valence-electron chi connectivity index (χ4n) is 1.46. The molecule has 0 amide bonds. The lowest BCUT2D eigenvalue weighted by Crippen LogP contribution is -1.82. The Morgan fingerprint density at radius 2 is 1.56 bits per heavy atom. The van der Waals surface area contributed by atoms with E-state index in [1.54, 1.807) is 17.8 Å². The van der Waals surface area contributed by atoms with Gasteiger partial charge in [0.2, 0.25) is 0 Å². The zero-order valence-electron chi connectivity index (χ0n) is 9.76. The third-order valence-electron chi connectivity index (χ3n) is 2.32. The highest BCUT2D eigenvalue weighted by Crippen LogP contribution is 2.15. The maximum Gasteiger partial charge on any atom is 0.100 e. The van der Waals surface area contributed by atoms with Crippen LogP contribution in [-0.2, 0) is 0 Å². The Balaban J connectivity index is 1.99. The van der Waals surface area contributed by atoms with Crippen molar-refractivity contribution in [3.05, 3.63) is 65.7 Å². The highest BCUT2D eigenvalue weighted by Gasteiger charge is 1.95. The van der Waals surface area contributed by atoms with Gasteiger partial charge in [0.25, 0.3) is 0 Å². The number of nitriles is 1. The zero-order chi connectivity index (χ0) is 12.6. The molecule has 2 aromatic rings. The highest BCUT2D eigenvalue weighted by atomic mass is 32.2. The predicted octanol–water partition coefficient (Wildman–Crippen LogP) is 3.70. The minimum atomic E-state index is 0.634. The minimum absolute atomic E-state index is 0.634. The third-order valence-corrected chi connectivity index (χ3v) is 3.22. The summed E-state index contributed by atoms with van der Waals surface area (Å²) in [6, 6.07) is 19.7. The molecule has 0 spiro atoms. The molecule has 0 aliphatic carbocycles. The van der Waals surface area contributed by atoms with Crippen LogP contribution in [0.5, 0.6) is 0 Å². The number of nitrogens with zero attached hydrogens (tertiary/aromatic N) is 1. The van der Waals surface area contributed by atoms with E-state index in [4.69, 9.17) is 5.26 Å². The first-order valence-electron chi connectivity index (χ1n) is 5.56. The van der Waals surface area contributed by atoms with E-state index < -0.39 is 0 Å². The van der Waals surface area contributed by atoms with Crippen molar-refractivity contribution in [2.75, 3.05) is 5.75 Å². The number of benzene rings is 2. The second-order valence-electron chi connectivity index (χ2n) is 3.56. The molecule has 2 aromatic carbocycles. The molecular formula is C16H11NS. The summed E-state index contributed by atoms with van der Waals surface area (Å²) in [7, 11) is 0. The number of rotatable bonds is 2. The van der Waals surface area contributed by atoms with Crippen LogP contribution < -0.4 is 0 Å². The molecular weight excluding hydrogens is 238 g/mol. The summed E-state index contributed by atoms with van der Waals surface area (Å²) in [5, 5.41) is 8.93.